The van der Waals surface area contributed by atoms with Gasteiger partial charge >= 0.3 is 0 Å². The minimum absolute atomic E-state index is 0.682. The SMILES string of the molecule is CC1=c2ccccc2=C(C2CCCCCCCCCC2)[N]1. The van der Waals surface area contributed by atoms with Gasteiger partial charge in [0.1, 0.15) is 0 Å². The highest BCUT2D eigenvalue weighted by molar-refractivity contribution is 5.63. The van der Waals surface area contributed by atoms with E-state index in [0.29, 0.717) is 5.92 Å². The summed E-state index contributed by atoms with van der Waals surface area (Å²) in [5, 5.41) is 7.74. The molecule has 1 aliphatic carbocycles. The van der Waals surface area contributed by atoms with E-state index < -0.39 is 0 Å². The molecular formula is C20H28N. The monoisotopic (exact) mass is 282 g/mol. The molecule has 1 radical (unpaired) electrons. The van der Waals surface area contributed by atoms with E-state index in [2.05, 4.69) is 31.2 Å². The first-order valence-electron chi connectivity index (χ1n) is 8.88. The van der Waals surface area contributed by atoms with E-state index in [1.807, 2.05) is 0 Å². The van der Waals surface area contributed by atoms with Crippen LogP contribution in [0.2, 0.25) is 0 Å². The molecular weight excluding hydrogens is 254 g/mol. The van der Waals surface area contributed by atoms with Crippen LogP contribution in [0.25, 0.3) is 11.4 Å². The first-order chi connectivity index (χ1) is 10.4. The molecule has 1 nitrogen and oxygen atoms in total. The second kappa shape index (κ2) is 7.15. The molecule has 0 aromatic heterocycles. The number of benzene rings is 1. The van der Waals surface area contributed by atoms with Crippen LogP contribution in [0.15, 0.2) is 24.3 Å². The average Bonchev–Trinajstić information content (AvgIpc) is 2.81. The van der Waals surface area contributed by atoms with Crippen LogP contribution < -0.4 is 15.8 Å². The quantitative estimate of drug-likeness (QED) is 0.737. The van der Waals surface area contributed by atoms with Gasteiger partial charge in [-0.3, -0.25) is 5.32 Å². The molecule has 1 fully saturated rings. The minimum Gasteiger partial charge on any atom is -0.257 e. The maximum absolute atomic E-state index is 4.96. The molecule has 0 atom stereocenters. The van der Waals surface area contributed by atoms with E-state index in [-0.39, 0.29) is 0 Å². The van der Waals surface area contributed by atoms with Gasteiger partial charge in [-0.15, -0.1) is 0 Å². The maximum Gasteiger partial charge on any atom is 0.0516 e. The molecule has 1 aromatic rings. The second-order valence-corrected chi connectivity index (χ2v) is 6.73. The predicted molar refractivity (Wildman–Crippen MR) is 90.0 cm³/mol. The van der Waals surface area contributed by atoms with Gasteiger partial charge in [0, 0.05) is 22.1 Å². The van der Waals surface area contributed by atoms with Crippen molar-refractivity contribution >= 4 is 11.4 Å². The van der Waals surface area contributed by atoms with Crippen molar-refractivity contribution in [2.24, 2.45) is 5.92 Å². The molecule has 0 saturated heterocycles. The molecule has 0 spiro atoms. The molecule has 0 bridgehead atoms. The maximum atomic E-state index is 4.96. The number of fused-ring (bicyclic) bond motifs is 1. The molecule has 1 aromatic carbocycles. The zero-order chi connectivity index (χ0) is 14.5. The molecule has 21 heavy (non-hydrogen) atoms. The molecule has 2 aliphatic rings. The molecule has 0 N–H and O–H groups in total. The van der Waals surface area contributed by atoms with E-state index in [4.69, 9.17) is 5.32 Å². The normalized spacial score (nSPS) is 21.6. The Balaban J connectivity index is 1.83. The summed E-state index contributed by atoms with van der Waals surface area (Å²) in [6, 6.07) is 8.80. The lowest BCUT2D eigenvalue weighted by atomic mass is 9.91. The molecule has 0 amide bonds. The molecule has 1 heterocycles. The first-order valence-corrected chi connectivity index (χ1v) is 8.88. The highest BCUT2D eigenvalue weighted by Crippen LogP contribution is 2.27. The molecule has 113 valence electrons. The van der Waals surface area contributed by atoms with Gasteiger partial charge in [-0.1, -0.05) is 75.6 Å². The van der Waals surface area contributed by atoms with Crippen LogP contribution >= 0.6 is 0 Å². The smallest absolute Gasteiger partial charge is 0.0516 e. The number of hydrogen-bond acceptors (Lipinski definition) is 0. The van der Waals surface area contributed by atoms with Crippen molar-refractivity contribution in [1.82, 2.24) is 5.32 Å². The van der Waals surface area contributed by atoms with Gasteiger partial charge in [-0.05, 0) is 19.8 Å². The standard InChI is InChI=1S/C20H28N/c1-16-18-14-10-11-15-19(18)20(21-16)17-12-8-6-4-2-3-5-7-9-13-17/h10-11,14-15,17H,2-9,12-13H2,1H3. The van der Waals surface area contributed by atoms with Crippen LogP contribution in [0.3, 0.4) is 0 Å². The zero-order valence-corrected chi connectivity index (χ0v) is 13.4. The summed E-state index contributed by atoms with van der Waals surface area (Å²) >= 11 is 0. The van der Waals surface area contributed by atoms with Gasteiger partial charge in [-0.2, -0.15) is 0 Å². The van der Waals surface area contributed by atoms with Crippen molar-refractivity contribution in [2.45, 2.75) is 71.1 Å². The largest absolute Gasteiger partial charge is 0.257 e. The van der Waals surface area contributed by atoms with Crippen molar-refractivity contribution in [3.63, 3.8) is 0 Å². The Bertz CT molecular complexity index is 572. The topological polar surface area (TPSA) is 14.1 Å². The number of nitrogens with zero attached hydrogens (tertiary/aromatic N) is 1. The molecule has 1 aliphatic heterocycles. The van der Waals surface area contributed by atoms with Gasteiger partial charge in [0.15, 0.2) is 0 Å². The van der Waals surface area contributed by atoms with Crippen LogP contribution in [0.4, 0.5) is 0 Å². The Labute approximate surface area is 129 Å². The lowest BCUT2D eigenvalue weighted by molar-refractivity contribution is 0.489. The highest BCUT2D eigenvalue weighted by atomic mass is 14.9. The summed E-state index contributed by atoms with van der Waals surface area (Å²) in [4.78, 5) is 0. The molecule has 3 rings (SSSR count). The fourth-order valence-corrected chi connectivity index (χ4v) is 3.89. The Morgan fingerprint density at radius 3 is 1.90 bits per heavy atom. The Hall–Kier alpha value is -1.24. The fourth-order valence-electron chi connectivity index (χ4n) is 3.89. The summed E-state index contributed by atoms with van der Waals surface area (Å²) < 4.78 is 0. The van der Waals surface area contributed by atoms with Crippen LogP contribution in [-0.4, -0.2) is 0 Å². The van der Waals surface area contributed by atoms with Gasteiger partial charge in [0.25, 0.3) is 0 Å². The molecule has 0 unspecified atom stereocenters. The van der Waals surface area contributed by atoms with E-state index in [1.54, 1.807) is 0 Å². The summed E-state index contributed by atoms with van der Waals surface area (Å²) in [5.41, 5.74) is 2.61. The molecule has 1 saturated carbocycles. The van der Waals surface area contributed by atoms with Crippen LogP contribution in [0, 0.1) is 5.92 Å². The average molecular weight is 282 g/mol. The van der Waals surface area contributed by atoms with Gasteiger partial charge < -0.3 is 0 Å². The number of hydrogen-bond donors (Lipinski definition) is 0. The number of rotatable bonds is 1. The Morgan fingerprint density at radius 2 is 1.29 bits per heavy atom. The van der Waals surface area contributed by atoms with Crippen LogP contribution in [0.1, 0.15) is 71.1 Å². The lowest BCUT2D eigenvalue weighted by Crippen LogP contribution is -2.25. The summed E-state index contributed by atoms with van der Waals surface area (Å²) in [6.45, 7) is 2.16. The van der Waals surface area contributed by atoms with E-state index >= 15 is 0 Å². The van der Waals surface area contributed by atoms with Crippen molar-refractivity contribution in [3.05, 3.63) is 34.7 Å². The highest BCUT2D eigenvalue weighted by Gasteiger charge is 2.20. The summed E-state index contributed by atoms with van der Waals surface area (Å²) in [6.07, 6.45) is 14.0. The van der Waals surface area contributed by atoms with E-state index in [9.17, 15) is 0 Å². The first kappa shape index (κ1) is 14.7. The van der Waals surface area contributed by atoms with E-state index in [1.165, 1.54) is 86.0 Å². The fraction of sp³-hybridized carbons (Fsp3) is 0.600. The van der Waals surface area contributed by atoms with Crippen molar-refractivity contribution in [1.29, 1.82) is 0 Å². The third-order valence-corrected chi connectivity index (χ3v) is 5.12. The van der Waals surface area contributed by atoms with Crippen molar-refractivity contribution in [3.8, 4) is 0 Å². The third kappa shape index (κ3) is 3.51. The van der Waals surface area contributed by atoms with Crippen LogP contribution in [0.5, 0.6) is 0 Å². The van der Waals surface area contributed by atoms with Crippen LogP contribution in [-0.2, 0) is 0 Å². The lowest BCUT2D eigenvalue weighted by Gasteiger charge is -2.18. The van der Waals surface area contributed by atoms with Gasteiger partial charge in [0.05, 0.1) is 5.70 Å². The molecule has 1 heteroatoms. The third-order valence-electron chi connectivity index (χ3n) is 5.12. The Kier molecular flexibility index (Phi) is 5.00. The minimum atomic E-state index is 0.682. The van der Waals surface area contributed by atoms with Crippen molar-refractivity contribution in [2.75, 3.05) is 0 Å². The predicted octanol–water partition coefficient (Wildman–Crippen LogP) is 4.07. The van der Waals surface area contributed by atoms with E-state index in [0.717, 1.165) is 0 Å². The summed E-state index contributed by atoms with van der Waals surface area (Å²) in [7, 11) is 0. The summed E-state index contributed by atoms with van der Waals surface area (Å²) in [5.74, 6) is 0.682. The van der Waals surface area contributed by atoms with Gasteiger partial charge in [0.2, 0.25) is 0 Å². The Morgan fingerprint density at radius 1 is 0.762 bits per heavy atom. The zero-order valence-electron chi connectivity index (χ0n) is 13.4. The second-order valence-electron chi connectivity index (χ2n) is 6.73. The van der Waals surface area contributed by atoms with Gasteiger partial charge in [-0.25, -0.2) is 0 Å². The van der Waals surface area contributed by atoms with Crippen molar-refractivity contribution < 1.29 is 0 Å².